The predicted octanol–water partition coefficient (Wildman–Crippen LogP) is 4.58. The monoisotopic (exact) mass is 397 g/mol. The Morgan fingerprint density at radius 2 is 1.57 bits per heavy atom. The Balaban J connectivity index is 1.79. The number of aryl methyl sites for hydroxylation is 1. The van der Waals surface area contributed by atoms with E-state index in [0.29, 0.717) is 16.5 Å². The van der Waals surface area contributed by atoms with E-state index < -0.39 is 0 Å². The van der Waals surface area contributed by atoms with Crippen LogP contribution in [0.1, 0.15) is 41.0 Å². The molecule has 0 aliphatic carbocycles. The van der Waals surface area contributed by atoms with Crippen LogP contribution in [0.2, 0.25) is 0 Å². The zero-order chi connectivity index (χ0) is 21.1. The van der Waals surface area contributed by atoms with E-state index in [-0.39, 0.29) is 23.2 Å². The van der Waals surface area contributed by atoms with Gasteiger partial charge in [0.2, 0.25) is 0 Å². The Morgan fingerprint density at radius 1 is 0.933 bits per heavy atom. The van der Waals surface area contributed by atoms with Crippen molar-refractivity contribution in [3.63, 3.8) is 0 Å². The summed E-state index contributed by atoms with van der Waals surface area (Å²) < 4.78 is 1.30. The molecule has 1 amide bonds. The standard InChI is InChI=1S/C25H23N3O2/c1-3-22(18-15-13-17(2)14-16-18)26-24(29)23-20-11-7-8-12-21(20)25(30)28(27-23)19-9-5-4-6-10-19/h4-16,22H,3H2,1-2H3,(H,26,29)/t22-/m0/s1. The van der Waals surface area contributed by atoms with Gasteiger partial charge in [0.1, 0.15) is 0 Å². The fraction of sp³-hybridized carbons (Fsp3) is 0.160. The van der Waals surface area contributed by atoms with Crippen molar-refractivity contribution in [2.45, 2.75) is 26.3 Å². The van der Waals surface area contributed by atoms with Crippen molar-refractivity contribution in [1.29, 1.82) is 0 Å². The van der Waals surface area contributed by atoms with Gasteiger partial charge in [-0.15, -0.1) is 0 Å². The number of aromatic nitrogens is 2. The van der Waals surface area contributed by atoms with Gasteiger partial charge in [0, 0.05) is 5.39 Å². The SMILES string of the molecule is CC[C@H](NC(=O)c1nn(-c2ccccc2)c(=O)c2ccccc12)c1ccc(C)cc1. The van der Waals surface area contributed by atoms with Crippen LogP contribution >= 0.6 is 0 Å². The Morgan fingerprint density at radius 3 is 2.23 bits per heavy atom. The largest absolute Gasteiger partial charge is 0.344 e. The van der Waals surface area contributed by atoms with E-state index in [0.717, 1.165) is 12.0 Å². The number of fused-ring (bicyclic) bond motifs is 1. The summed E-state index contributed by atoms with van der Waals surface area (Å²) in [4.78, 5) is 26.3. The lowest BCUT2D eigenvalue weighted by molar-refractivity contribution is 0.0930. The number of amides is 1. The van der Waals surface area contributed by atoms with Gasteiger partial charge >= 0.3 is 0 Å². The molecule has 0 aliphatic heterocycles. The van der Waals surface area contributed by atoms with Crippen LogP contribution < -0.4 is 10.9 Å². The summed E-state index contributed by atoms with van der Waals surface area (Å²) in [7, 11) is 0. The van der Waals surface area contributed by atoms with Crippen LogP contribution in [0.25, 0.3) is 16.5 Å². The summed E-state index contributed by atoms with van der Waals surface area (Å²) in [6, 6.07) is 24.2. The second-order valence-corrected chi connectivity index (χ2v) is 7.29. The highest BCUT2D eigenvalue weighted by molar-refractivity contribution is 6.05. The highest BCUT2D eigenvalue weighted by atomic mass is 16.2. The maximum atomic E-state index is 13.3. The Kier molecular flexibility index (Phi) is 5.44. The minimum Gasteiger partial charge on any atom is -0.344 e. The van der Waals surface area contributed by atoms with Crippen molar-refractivity contribution in [1.82, 2.24) is 15.1 Å². The molecule has 0 saturated heterocycles. The predicted molar refractivity (Wildman–Crippen MR) is 119 cm³/mol. The van der Waals surface area contributed by atoms with Gasteiger partial charge in [0.25, 0.3) is 11.5 Å². The van der Waals surface area contributed by atoms with Crippen LogP contribution in [-0.4, -0.2) is 15.7 Å². The molecule has 3 aromatic carbocycles. The van der Waals surface area contributed by atoms with Crippen LogP contribution in [0, 0.1) is 6.92 Å². The average molecular weight is 397 g/mol. The summed E-state index contributed by atoms with van der Waals surface area (Å²) >= 11 is 0. The first kappa shape index (κ1) is 19.6. The van der Waals surface area contributed by atoms with E-state index in [4.69, 9.17) is 0 Å². The van der Waals surface area contributed by atoms with Gasteiger partial charge in [-0.2, -0.15) is 9.78 Å². The number of nitrogens with zero attached hydrogens (tertiary/aromatic N) is 2. The normalized spacial score (nSPS) is 11.9. The summed E-state index contributed by atoms with van der Waals surface area (Å²) in [6.07, 6.45) is 0.741. The van der Waals surface area contributed by atoms with E-state index in [1.54, 1.807) is 30.3 Å². The molecule has 4 aromatic rings. The second kappa shape index (κ2) is 8.33. The minimum absolute atomic E-state index is 0.143. The molecule has 0 unspecified atom stereocenters. The fourth-order valence-electron chi connectivity index (χ4n) is 3.55. The van der Waals surface area contributed by atoms with E-state index in [1.165, 1.54) is 10.2 Å². The molecule has 5 nitrogen and oxygen atoms in total. The first-order valence-corrected chi connectivity index (χ1v) is 10.0. The molecule has 5 heteroatoms. The fourth-order valence-corrected chi connectivity index (χ4v) is 3.55. The number of rotatable bonds is 5. The van der Waals surface area contributed by atoms with Gasteiger partial charge in [-0.3, -0.25) is 9.59 Å². The molecule has 1 heterocycles. The molecule has 1 N–H and O–H groups in total. The average Bonchev–Trinajstić information content (AvgIpc) is 2.79. The van der Waals surface area contributed by atoms with Gasteiger partial charge < -0.3 is 5.32 Å². The van der Waals surface area contributed by atoms with Crippen LogP contribution in [-0.2, 0) is 0 Å². The first-order valence-electron chi connectivity index (χ1n) is 10.0. The maximum absolute atomic E-state index is 13.3. The van der Waals surface area contributed by atoms with Gasteiger partial charge in [-0.05, 0) is 37.1 Å². The molecule has 0 fully saturated rings. The third kappa shape index (κ3) is 3.74. The van der Waals surface area contributed by atoms with Crippen molar-refractivity contribution in [2.24, 2.45) is 0 Å². The first-order chi connectivity index (χ1) is 14.6. The smallest absolute Gasteiger partial charge is 0.279 e. The summed E-state index contributed by atoms with van der Waals surface area (Å²) in [5, 5.41) is 8.56. The molecule has 0 aliphatic rings. The summed E-state index contributed by atoms with van der Waals surface area (Å²) in [5.74, 6) is -0.302. The number of nitrogens with one attached hydrogen (secondary N) is 1. The molecule has 0 radical (unpaired) electrons. The Labute approximate surface area is 175 Å². The maximum Gasteiger partial charge on any atom is 0.279 e. The summed E-state index contributed by atoms with van der Waals surface area (Å²) in [6.45, 7) is 4.06. The molecule has 1 aromatic heterocycles. The molecule has 150 valence electrons. The van der Waals surface area contributed by atoms with Gasteiger partial charge in [0.05, 0.1) is 17.1 Å². The number of hydrogen-bond donors (Lipinski definition) is 1. The zero-order valence-electron chi connectivity index (χ0n) is 17.0. The van der Waals surface area contributed by atoms with E-state index in [2.05, 4.69) is 10.4 Å². The lowest BCUT2D eigenvalue weighted by Gasteiger charge is -2.18. The molecule has 4 rings (SSSR count). The molecule has 0 saturated carbocycles. The lowest BCUT2D eigenvalue weighted by Crippen LogP contribution is -2.32. The van der Waals surface area contributed by atoms with Gasteiger partial charge in [-0.25, -0.2) is 0 Å². The second-order valence-electron chi connectivity index (χ2n) is 7.29. The zero-order valence-corrected chi connectivity index (χ0v) is 17.0. The number of para-hydroxylation sites is 1. The number of carbonyl (C=O) groups excluding carboxylic acids is 1. The third-order valence-electron chi connectivity index (χ3n) is 5.21. The van der Waals surface area contributed by atoms with Crippen molar-refractivity contribution in [3.8, 4) is 5.69 Å². The topological polar surface area (TPSA) is 64.0 Å². The van der Waals surface area contributed by atoms with Gasteiger partial charge in [-0.1, -0.05) is 73.2 Å². The molecule has 30 heavy (non-hydrogen) atoms. The molecule has 0 spiro atoms. The molecular formula is C25H23N3O2. The van der Waals surface area contributed by atoms with Crippen LogP contribution in [0.5, 0.6) is 0 Å². The van der Waals surface area contributed by atoms with Gasteiger partial charge in [0.15, 0.2) is 5.69 Å². The molecular weight excluding hydrogens is 374 g/mol. The third-order valence-corrected chi connectivity index (χ3v) is 5.21. The van der Waals surface area contributed by atoms with Crippen LogP contribution in [0.3, 0.4) is 0 Å². The van der Waals surface area contributed by atoms with Crippen molar-refractivity contribution in [3.05, 3.63) is 106 Å². The van der Waals surface area contributed by atoms with Crippen molar-refractivity contribution < 1.29 is 4.79 Å². The number of benzene rings is 3. The number of hydrogen-bond acceptors (Lipinski definition) is 3. The Hall–Kier alpha value is -3.73. The van der Waals surface area contributed by atoms with Crippen molar-refractivity contribution >= 4 is 16.7 Å². The minimum atomic E-state index is -0.302. The van der Waals surface area contributed by atoms with E-state index in [1.807, 2.05) is 62.4 Å². The summed E-state index contributed by atoms with van der Waals surface area (Å²) in [5.41, 5.74) is 2.81. The van der Waals surface area contributed by atoms with E-state index in [9.17, 15) is 9.59 Å². The van der Waals surface area contributed by atoms with Crippen molar-refractivity contribution in [2.75, 3.05) is 0 Å². The Bertz CT molecular complexity index is 1250. The van der Waals surface area contributed by atoms with Crippen LogP contribution in [0.15, 0.2) is 83.7 Å². The molecule has 1 atom stereocenters. The highest BCUT2D eigenvalue weighted by Gasteiger charge is 2.20. The quantitative estimate of drug-likeness (QED) is 0.536. The van der Waals surface area contributed by atoms with E-state index >= 15 is 0 Å². The lowest BCUT2D eigenvalue weighted by atomic mass is 10.0. The number of carbonyl (C=O) groups is 1. The van der Waals surface area contributed by atoms with Crippen LogP contribution in [0.4, 0.5) is 0 Å². The highest BCUT2D eigenvalue weighted by Crippen LogP contribution is 2.20. The molecule has 0 bridgehead atoms.